The van der Waals surface area contributed by atoms with E-state index in [1.165, 1.54) is 11.3 Å². The second-order valence-electron chi connectivity index (χ2n) is 5.03. The van der Waals surface area contributed by atoms with Crippen molar-refractivity contribution in [3.8, 4) is 0 Å². The van der Waals surface area contributed by atoms with E-state index in [0.29, 0.717) is 10.7 Å². The third-order valence-corrected chi connectivity index (χ3v) is 4.17. The van der Waals surface area contributed by atoms with E-state index in [0.717, 1.165) is 6.42 Å². The van der Waals surface area contributed by atoms with Gasteiger partial charge in [-0.15, -0.1) is 11.3 Å². The summed E-state index contributed by atoms with van der Waals surface area (Å²) < 4.78 is 0. The van der Waals surface area contributed by atoms with Gasteiger partial charge in [-0.3, -0.25) is 9.59 Å². The van der Waals surface area contributed by atoms with Gasteiger partial charge in [-0.1, -0.05) is 38.5 Å². The Labute approximate surface area is 133 Å². The first-order valence-corrected chi connectivity index (χ1v) is 8.06. The summed E-state index contributed by atoms with van der Waals surface area (Å²) in [6.45, 7) is 3.93. The molecule has 2 amide bonds. The lowest BCUT2D eigenvalue weighted by Crippen LogP contribution is -2.47. The average molecular weight is 317 g/mol. The van der Waals surface area contributed by atoms with Gasteiger partial charge in [-0.2, -0.15) is 0 Å². The maximum Gasteiger partial charge on any atom is 0.251 e. The second-order valence-corrected chi connectivity index (χ2v) is 5.92. The van der Waals surface area contributed by atoms with Crippen molar-refractivity contribution >= 4 is 28.3 Å². The summed E-state index contributed by atoms with van der Waals surface area (Å²) in [6.07, 6.45) is 2.41. The molecule has 116 valence electrons. The molecule has 0 bridgehead atoms. The highest BCUT2D eigenvalue weighted by Crippen LogP contribution is 2.15. The van der Waals surface area contributed by atoms with Crippen molar-refractivity contribution in [2.45, 2.75) is 26.3 Å². The standard InChI is InChI=1S/C16H19N3O2S/c1-3-11(2)13(15(21)19-16-17-9-10-22-16)18-14(20)12-7-5-4-6-8-12/h4-11,13H,3H2,1-2H3,(H,18,20)(H,17,19,21)/t11-,13+/m1/s1. The zero-order valence-corrected chi connectivity index (χ0v) is 13.4. The summed E-state index contributed by atoms with van der Waals surface area (Å²) in [7, 11) is 0. The van der Waals surface area contributed by atoms with Crippen molar-refractivity contribution in [3.63, 3.8) is 0 Å². The molecule has 1 heterocycles. The first-order valence-electron chi connectivity index (χ1n) is 7.18. The summed E-state index contributed by atoms with van der Waals surface area (Å²) >= 11 is 1.35. The number of thiazole rings is 1. The number of anilines is 1. The Hall–Kier alpha value is -2.21. The predicted octanol–water partition coefficient (Wildman–Crippen LogP) is 2.93. The Bertz CT molecular complexity index is 614. The molecule has 1 aromatic heterocycles. The molecule has 2 aromatic rings. The Morgan fingerprint density at radius 2 is 2.00 bits per heavy atom. The maximum atomic E-state index is 12.4. The lowest BCUT2D eigenvalue weighted by atomic mass is 9.98. The molecular formula is C16H19N3O2S. The number of aromatic nitrogens is 1. The van der Waals surface area contributed by atoms with Gasteiger partial charge in [-0.25, -0.2) is 4.98 Å². The Morgan fingerprint density at radius 1 is 1.27 bits per heavy atom. The van der Waals surface area contributed by atoms with Crippen LogP contribution in [0.25, 0.3) is 0 Å². The molecule has 0 aliphatic carbocycles. The minimum atomic E-state index is -0.596. The second kappa shape index (κ2) is 7.70. The topological polar surface area (TPSA) is 71.1 Å². The van der Waals surface area contributed by atoms with Crippen LogP contribution in [0.5, 0.6) is 0 Å². The highest BCUT2D eigenvalue weighted by Gasteiger charge is 2.26. The smallest absolute Gasteiger partial charge is 0.251 e. The van der Waals surface area contributed by atoms with Crippen molar-refractivity contribution in [3.05, 3.63) is 47.5 Å². The van der Waals surface area contributed by atoms with Crippen LogP contribution in [0.4, 0.5) is 5.13 Å². The van der Waals surface area contributed by atoms with Crippen LogP contribution < -0.4 is 10.6 Å². The highest BCUT2D eigenvalue weighted by molar-refractivity contribution is 7.13. The fourth-order valence-corrected chi connectivity index (χ4v) is 2.52. The van der Waals surface area contributed by atoms with Crippen molar-refractivity contribution < 1.29 is 9.59 Å². The minimum absolute atomic E-state index is 0.0209. The number of amides is 2. The molecule has 0 radical (unpaired) electrons. The fourth-order valence-electron chi connectivity index (χ4n) is 1.98. The van der Waals surface area contributed by atoms with Gasteiger partial charge < -0.3 is 10.6 Å². The summed E-state index contributed by atoms with van der Waals surface area (Å²) in [5, 5.41) is 7.89. The quantitative estimate of drug-likeness (QED) is 0.860. The van der Waals surface area contributed by atoms with Gasteiger partial charge in [0.2, 0.25) is 5.91 Å². The Morgan fingerprint density at radius 3 is 2.59 bits per heavy atom. The molecule has 2 N–H and O–H groups in total. The number of rotatable bonds is 6. The molecule has 0 unspecified atom stereocenters. The van der Waals surface area contributed by atoms with Gasteiger partial charge >= 0.3 is 0 Å². The molecule has 0 saturated carbocycles. The van der Waals surface area contributed by atoms with Crippen molar-refractivity contribution in [2.75, 3.05) is 5.32 Å². The number of carbonyl (C=O) groups excluding carboxylic acids is 2. The van der Waals surface area contributed by atoms with Crippen LogP contribution in [-0.2, 0) is 4.79 Å². The van der Waals surface area contributed by atoms with E-state index in [1.54, 1.807) is 35.8 Å². The third-order valence-electron chi connectivity index (χ3n) is 3.48. The van der Waals surface area contributed by atoms with Crippen LogP contribution in [0.3, 0.4) is 0 Å². The number of carbonyl (C=O) groups is 2. The van der Waals surface area contributed by atoms with E-state index < -0.39 is 6.04 Å². The maximum absolute atomic E-state index is 12.4. The van der Waals surface area contributed by atoms with Gasteiger partial charge in [0.15, 0.2) is 5.13 Å². The molecule has 6 heteroatoms. The predicted molar refractivity (Wildman–Crippen MR) is 87.9 cm³/mol. The van der Waals surface area contributed by atoms with Gasteiger partial charge in [0.05, 0.1) is 0 Å². The van der Waals surface area contributed by atoms with E-state index in [1.807, 2.05) is 19.9 Å². The fraction of sp³-hybridized carbons (Fsp3) is 0.312. The molecule has 0 saturated heterocycles. The van der Waals surface area contributed by atoms with E-state index in [4.69, 9.17) is 0 Å². The SMILES string of the molecule is CC[C@@H](C)[C@H](NC(=O)c1ccccc1)C(=O)Nc1nccs1. The number of benzene rings is 1. The van der Waals surface area contributed by atoms with Crippen LogP contribution in [0.1, 0.15) is 30.6 Å². The van der Waals surface area contributed by atoms with Gasteiger partial charge in [0.25, 0.3) is 5.91 Å². The van der Waals surface area contributed by atoms with Crippen molar-refractivity contribution in [2.24, 2.45) is 5.92 Å². The Kier molecular flexibility index (Phi) is 5.66. The van der Waals surface area contributed by atoms with Crippen molar-refractivity contribution in [1.29, 1.82) is 0 Å². The monoisotopic (exact) mass is 317 g/mol. The van der Waals surface area contributed by atoms with Gasteiger partial charge in [0.1, 0.15) is 6.04 Å². The van der Waals surface area contributed by atoms with Crippen LogP contribution >= 0.6 is 11.3 Å². The number of hydrogen-bond acceptors (Lipinski definition) is 4. The highest BCUT2D eigenvalue weighted by atomic mass is 32.1. The normalized spacial score (nSPS) is 13.2. The van der Waals surface area contributed by atoms with Crippen LogP contribution in [-0.4, -0.2) is 22.8 Å². The first kappa shape index (κ1) is 16.2. The van der Waals surface area contributed by atoms with E-state index in [-0.39, 0.29) is 17.7 Å². The summed E-state index contributed by atoms with van der Waals surface area (Å²) in [4.78, 5) is 28.7. The van der Waals surface area contributed by atoms with Gasteiger partial charge in [0, 0.05) is 17.1 Å². The number of nitrogens with one attached hydrogen (secondary N) is 2. The minimum Gasteiger partial charge on any atom is -0.340 e. The molecule has 0 spiro atoms. The lowest BCUT2D eigenvalue weighted by molar-refractivity contribution is -0.119. The molecule has 0 aliphatic heterocycles. The molecular weight excluding hydrogens is 298 g/mol. The molecule has 22 heavy (non-hydrogen) atoms. The zero-order chi connectivity index (χ0) is 15.9. The van der Waals surface area contributed by atoms with E-state index in [2.05, 4.69) is 15.6 Å². The molecule has 2 atom stereocenters. The van der Waals surface area contributed by atoms with Crippen molar-refractivity contribution in [1.82, 2.24) is 10.3 Å². The van der Waals surface area contributed by atoms with Crippen LogP contribution in [0.15, 0.2) is 41.9 Å². The largest absolute Gasteiger partial charge is 0.340 e. The van der Waals surface area contributed by atoms with E-state index >= 15 is 0 Å². The van der Waals surface area contributed by atoms with Gasteiger partial charge in [-0.05, 0) is 18.1 Å². The lowest BCUT2D eigenvalue weighted by Gasteiger charge is -2.23. The number of nitrogens with zero attached hydrogens (tertiary/aromatic N) is 1. The molecule has 2 rings (SSSR count). The molecule has 0 aliphatic rings. The zero-order valence-electron chi connectivity index (χ0n) is 12.6. The Balaban J connectivity index is 2.09. The number of hydrogen-bond donors (Lipinski definition) is 2. The molecule has 5 nitrogen and oxygen atoms in total. The van der Waals surface area contributed by atoms with E-state index in [9.17, 15) is 9.59 Å². The summed E-state index contributed by atoms with van der Waals surface area (Å²) in [6, 6.07) is 8.29. The summed E-state index contributed by atoms with van der Waals surface area (Å²) in [5.41, 5.74) is 0.540. The molecule has 1 aromatic carbocycles. The first-order chi connectivity index (χ1) is 10.6. The average Bonchev–Trinajstić information content (AvgIpc) is 3.05. The molecule has 0 fully saturated rings. The third kappa shape index (κ3) is 4.14. The van der Waals surface area contributed by atoms with Crippen LogP contribution in [0.2, 0.25) is 0 Å². The van der Waals surface area contributed by atoms with Crippen LogP contribution in [0, 0.1) is 5.92 Å². The summed E-state index contributed by atoms with van der Waals surface area (Å²) in [5.74, 6) is -0.471.